The summed E-state index contributed by atoms with van der Waals surface area (Å²) in [5.74, 6) is 1.36. The van der Waals surface area contributed by atoms with Gasteiger partial charge in [-0.15, -0.1) is 0 Å². The van der Waals surface area contributed by atoms with Crippen LogP contribution in [0.5, 0.6) is 11.5 Å². The maximum Gasteiger partial charge on any atom is 0.165 e. The van der Waals surface area contributed by atoms with Crippen LogP contribution < -0.4 is 10.5 Å². The molecule has 0 spiro atoms. The Morgan fingerprint density at radius 2 is 2.29 bits per heavy atom. The molecule has 2 rings (SSSR count). The zero-order chi connectivity index (χ0) is 12.3. The first-order valence-corrected chi connectivity index (χ1v) is 5.80. The number of nitrogens with zero attached hydrogens (tertiary/aromatic N) is 2. The van der Waals surface area contributed by atoms with Crippen molar-refractivity contribution in [2.24, 2.45) is 5.73 Å². The van der Waals surface area contributed by atoms with Crippen LogP contribution in [0.3, 0.4) is 0 Å². The van der Waals surface area contributed by atoms with Gasteiger partial charge in [0, 0.05) is 23.7 Å². The zero-order valence-electron chi connectivity index (χ0n) is 9.56. The summed E-state index contributed by atoms with van der Waals surface area (Å²) in [5.41, 5.74) is 6.46. The van der Waals surface area contributed by atoms with Gasteiger partial charge >= 0.3 is 0 Å². The number of aryl methyl sites for hydroxylation is 1. The van der Waals surface area contributed by atoms with E-state index in [9.17, 15) is 0 Å². The van der Waals surface area contributed by atoms with Crippen molar-refractivity contribution in [3.63, 3.8) is 0 Å². The Bertz CT molecular complexity index is 510. The van der Waals surface area contributed by atoms with Crippen LogP contribution in [0, 0.1) is 0 Å². The topological polar surface area (TPSA) is 53.1 Å². The lowest BCUT2D eigenvalue weighted by Crippen LogP contribution is -2.00. The Hall–Kier alpha value is -1.52. The van der Waals surface area contributed by atoms with Crippen molar-refractivity contribution in [1.29, 1.82) is 0 Å². The summed E-state index contributed by atoms with van der Waals surface area (Å²) < 4.78 is 7.51. The van der Waals surface area contributed by atoms with E-state index in [2.05, 4.69) is 5.10 Å². The minimum atomic E-state index is 0.344. The number of ether oxygens (including phenoxy) is 1. The highest BCUT2D eigenvalue weighted by atomic mass is 35.5. The van der Waals surface area contributed by atoms with Crippen LogP contribution >= 0.6 is 11.6 Å². The Labute approximate surface area is 105 Å². The number of halogens is 1. The number of aromatic nitrogens is 2. The summed E-state index contributed by atoms with van der Waals surface area (Å²) in [5, 5.41) is 4.75. The number of rotatable bonds is 4. The molecule has 1 heterocycles. The molecule has 90 valence electrons. The molecule has 0 aliphatic carbocycles. The minimum Gasteiger partial charge on any atom is -0.454 e. The molecule has 0 aliphatic heterocycles. The van der Waals surface area contributed by atoms with Crippen molar-refractivity contribution in [2.75, 3.05) is 0 Å². The summed E-state index contributed by atoms with van der Waals surface area (Å²) in [6, 6.07) is 5.48. The van der Waals surface area contributed by atoms with Gasteiger partial charge in [-0.05, 0) is 19.1 Å². The van der Waals surface area contributed by atoms with Crippen molar-refractivity contribution < 1.29 is 4.74 Å². The van der Waals surface area contributed by atoms with E-state index in [4.69, 9.17) is 22.1 Å². The number of hydrogen-bond acceptors (Lipinski definition) is 3. The average Bonchev–Trinajstić information content (AvgIpc) is 2.77. The molecule has 0 unspecified atom stereocenters. The Morgan fingerprint density at radius 3 is 2.94 bits per heavy atom. The second-order valence-electron chi connectivity index (χ2n) is 3.55. The third kappa shape index (κ3) is 2.60. The highest BCUT2D eigenvalue weighted by Crippen LogP contribution is 2.29. The second-order valence-corrected chi connectivity index (χ2v) is 3.96. The van der Waals surface area contributed by atoms with Crippen molar-refractivity contribution in [3.8, 4) is 11.5 Å². The van der Waals surface area contributed by atoms with Crippen LogP contribution in [0.15, 0.2) is 30.6 Å². The standard InChI is InChI=1S/C12H14ClN3O/c1-2-16-8-9(7-15-16)17-12-5-3-4-11(13)10(12)6-14/h3-5,7-8H,2,6,14H2,1H3. The second kappa shape index (κ2) is 5.21. The maximum absolute atomic E-state index is 6.05. The highest BCUT2D eigenvalue weighted by Gasteiger charge is 2.08. The molecule has 5 heteroatoms. The lowest BCUT2D eigenvalue weighted by molar-refractivity contribution is 0.475. The number of nitrogens with two attached hydrogens (primary N) is 1. The predicted molar refractivity (Wildman–Crippen MR) is 67.3 cm³/mol. The van der Waals surface area contributed by atoms with Crippen LogP contribution in [0.2, 0.25) is 5.02 Å². The lowest BCUT2D eigenvalue weighted by atomic mass is 10.2. The van der Waals surface area contributed by atoms with Crippen molar-refractivity contribution in [2.45, 2.75) is 20.0 Å². The Balaban J connectivity index is 2.26. The third-order valence-corrected chi connectivity index (χ3v) is 2.80. The molecular weight excluding hydrogens is 238 g/mol. The zero-order valence-corrected chi connectivity index (χ0v) is 10.3. The molecule has 0 bridgehead atoms. The van der Waals surface area contributed by atoms with E-state index < -0.39 is 0 Å². The van der Waals surface area contributed by atoms with Gasteiger partial charge in [0.1, 0.15) is 5.75 Å². The lowest BCUT2D eigenvalue weighted by Gasteiger charge is -2.09. The van der Waals surface area contributed by atoms with Crippen LogP contribution in [-0.4, -0.2) is 9.78 Å². The molecule has 2 aromatic rings. The summed E-state index contributed by atoms with van der Waals surface area (Å²) in [4.78, 5) is 0. The van der Waals surface area contributed by atoms with Crippen LogP contribution in [0.1, 0.15) is 12.5 Å². The fourth-order valence-corrected chi connectivity index (χ4v) is 1.77. The quantitative estimate of drug-likeness (QED) is 0.909. The number of benzene rings is 1. The van der Waals surface area contributed by atoms with Crippen LogP contribution in [0.4, 0.5) is 0 Å². The molecule has 0 saturated carbocycles. The average molecular weight is 252 g/mol. The van der Waals surface area contributed by atoms with Crippen molar-refractivity contribution in [3.05, 3.63) is 41.2 Å². The molecule has 0 aliphatic rings. The van der Waals surface area contributed by atoms with Gasteiger partial charge in [0.25, 0.3) is 0 Å². The molecule has 4 nitrogen and oxygen atoms in total. The number of hydrogen-bond donors (Lipinski definition) is 1. The fraction of sp³-hybridized carbons (Fsp3) is 0.250. The molecule has 0 fully saturated rings. The first-order chi connectivity index (χ1) is 8.24. The maximum atomic E-state index is 6.05. The van der Waals surface area contributed by atoms with Gasteiger partial charge in [-0.1, -0.05) is 17.7 Å². The monoisotopic (exact) mass is 251 g/mol. The largest absolute Gasteiger partial charge is 0.454 e. The fourth-order valence-electron chi connectivity index (χ4n) is 1.53. The molecule has 17 heavy (non-hydrogen) atoms. The Kier molecular flexibility index (Phi) is 3.66. The van der Waals surface area contributed by atoms with Crippen LogP contribution in [-0.2, 0) is 13.1 Å². The molecule has 0 amide bonds. The molecule has 2 N–H and O–H groups in total. The molecular formula is C12H14ClN3O. The van der Waals surface area contributed by atoms with Gasteiger partial charge in [0.2, 0.25) is 0 Å². The van der Waals surface area contributed by atoms with E-state index in [1.54, 1.807) is 16.9 Å². The summed E-state index contributed by atoms with van der Waals surface area (Å²) in [6.45, 7) is 3.17. The first kappa shape index (κ1) is 12.0. The summed E-state index contributed by atoms with van der Waals surface area (Å²) in [7, 11) is 0. The molecule has 0 saturated heterocycles. The molecule has 1 aromatic carbocycles. The SMILES string of the molecule is CCn1cc(Oc2cccc(Cl)c2CN)cn1. The summed E-state index contributed by atoms with van der Waals surface area (Å²) in [6.07, 6.45) is 3.51. The summed E-state index contributed by atoms with van der Waals surface area (Å²) >= 11 is 6.05. The van der Waals surface area contributed by atoms with Gasteiger partial charge < -0.3 is 10.5 Å². The molecule has 1 aromatic heterocycles. The Morgan fingerprint density at radius 1 is 1.47 bits per heavy atom. The van der Waals surface area contributed by atoms with Gasteiger partial charge in [0.15, 0.2) is 5.75 Å². The van der Waals surface area contributed by atoms with Gasteiger partial charge in [-0.25, -0.2) is 0 Å². The van der Waals surface area contributed by atoms with E-state index in [0.717, 1.165) is 12.1 Å². The van der Waals surface area contributed by atoms with Crippen molar-refractivity contribution >= 4 is 11.6 Å². The minimum absolute atomic E-state index is 0.344. The van der Waals surface area contributed by atoms with Crippen molar-refractivity contribution in [1.82, 2.24) is 9.78 Å². The van der Waals surface area contributed by atoms with E-state index in [-0.39, 0.29) is 0 Å². The normalized spacial score (nSPS) is 10.5. The molecule has 0 atom stereocenters. The van der Waals surface area contributed by atoms with E-state index in [1.165, 1.54) is 0 Å². The predicted octanol–water partition coefficient (Wildman–Crippen LogP) is 2.81. The van der Waals surface area contributed by atoms with E-state index >= 15 is 0 Å². The highest BCUT2D eigenvalue weighted by molar-refractivity contribution is 6.31. The molecule has 0 radical (unpaired) electrons. The smallest absolute Gasteiger partial charge is 0.165 e. The van der Waals surface area contributed by atoms with Gasteiger partial charge in [0.05, 0.1) is 12.4 Å². The van der Waals surface area contributed by atoms with Gasteiger partial charge in [-0.3, -0.25) is 4.68 Å². The van der Waals surface area contributed by atoms with E-state index in [0.29, 0.717) is 23.1 Å². The van der Waals surface area contributed by atoms with Gasteiger partial charge in [-0.2, -0.15) is 5.10 Å². The van der Waals surface area contributed by atoms with E-state index in [1.807, 2.05) is 25.3 Å². The first-order valence-electron chi connectivity index (χ1n) is 5.42. The third-order valence-electron chi connectivity index (χ3n) is 2.44. The van der Waals surface area contributed by atoms with Crippen LogP contribution in [0.25, 0.3) is 0 Å².